The molecule has 0 aromatic heterocycles. The molecule has 0 unspecified atom stereocenters. The Balaban J connectivity index is 2.68. The third kappa shape index (κ3) is 1.84. The summed E-state index contributed by atoms with van der Waals surface area (Å²) in [5.74, 6) is -0.486. The molecule has 0 saturated carbocycles. The first kappa shape index (κ1) is 10.8. The van der Waals surface area contributed by atoms with Crippen molar-refractivity contribution in [3.63, 3.8) is 0 Å². The summed E-state index contributed by atoms with van der Waals surface area (Å²) in [7, 11) is 0. The van der Waals surface area contributed by atoms with E-state index >= 15 is 0 Å². The van der Waals surface area contributed by atoms with Crippen LogP contribution in [-0.4, -0.2) is 5.91 Å². The highest BCUT2D eigenvalue weighted by Gasteiger charge is 2.21. The molecule has 1 aliphatic carbocycles. The van der Waals surface area contributed by atoms with E-state index in [9.17, 15) is 4.79 Å². The zero-order chi connectivity index (χ0) is 11.0. The molecule has 0 bridgehead atoms. The van der Waals surface area contributed by atoms with Gasteiger partial charge in [-0.1, -0.05) is 23.2 Å². The first-order chi connectivity index (χ1) is 7.11. The average molecular weight is 244 g/mol. The van der Waals surface area contributed by atoms with Gasteiger partial charge in [0.15, 0.2) is 0 Å². The van der Waals surface area contributed by atoms with Gasteiger partial charge in [-0.2, -0.15) is 0 Å². The van der Waals surface area contributed by atoms with Gasteiger partial charge in [0.1, 0.15) is 0 Å². The van der Waals surface area contributed by atoms with E-state index in [2.05, 4.69) is 0 Å². The van der Waals surface area contributed by atoms with Gasteiger partial charge in [0.05, 0.1) is 15.6 Å². The summed E-state index contributed by atoms with van der Waals surface area (Å²) < 4.78 is 0. The van der Waals surface area contributed by atoms with Gasteiger partial charge >= 0.3 is 0 Å². The first-order valence-electron chi connectivity index (χ1n) is 4.91. The number of rotatable bonds is 1. The maximum Gasteiger partial charge on any atom is 0.250 e. The number of hydrogen-bond acceptors (Lipinski definition) is 1. The standard InChI is InChI=1S/C11H11Cl2NO/c12-8-5-6-3-1-2-4-7(6)9(10(8)13)11(14)15/h5H,1-4H2,(H2,14,15). The summed E-state index contributed by atoms with van der Waals surface area (Å²) in [4.78, 5) is 11.3. The molecule has 15 heavy (non-hydrogen) atoms. The van der Waals surface area contributed by atoms with E-state index in [1.165, 1.54) is 0 Å². The predicted octanol–water partition coefficient (Wildman–Crippen LogP) is 2.97. The fourth-order valence-electron chi connectivity index (χ4n) is 2.10. The molecule has 1 aliphatic rings. The number of carbonyl (C=O) groups excluding carboxylic acids is 1. The minimum absolute atomic E-state index is 0.296. The molecular weight excluding hydrogens is 233 g/mol. The van der Waals surface area contributed by atoms with Gasteiger partial charge < -0.3 is 5.73 Å². The Hall–Kier alpha value is -0.730. The molecule has 4 heteroatoms. The molecule has 0 aliphatic heterocycles. The molecule has 0 atom stereocenters. The van der Waals surface area contributed by atoms with E-state index in [-0.39, 0.29) is 0 Å². The lowest BCUT2D eigenvalue weighted by Crippen LogP contribution is -2.18. The lowest BCUT2D eigenvalue weighted by atomic mass is 9.88. The molecule has 1 aromatic rings. The number of fused-ring (bicyclic) bond motifs is 1. The molecule has 2 nitrogen and oxygen atoms in total. The molecule has 0 fully saturated rings. The summed E-state index contributed by atoms with van der Waals surface area (Å²) >= 11 is 11.9. The molecule has 0 heterocycles. The summed E-state index contributed by atoms with van der Waals surface area (Å²) in [5.41, 5.74) is 7.85. The van der Waals surface area contributed by atoms with Crippen LogP contribution in [-0.2, 0) is 12.8 Å². The lowest BCUT2D eigenvalue weighted by molar-refractivity contribution is 0.0999. The Morgan fingerprint density at radius 3 is 2.60 bits per heavy atom. The Labute approximate surface area is 98.4 Å². The van der Waals surface area contributed by atoms with Crippen molar-refractivity contribution < 1.29 is 4.79 Å². The second-order valence-corrected chi connectivity index (χ2v) is 4.54. The summed E-state index contributed by atoms with van der Waals surface area (Å²) in [5, 5.41) is 0.718. The topological polar surface area (TPSA) is 43.1 Å². The number of aryl methyl sites for hydroxylation is 1. The van der Waals surface area contributed by atoms with Crippen LogP contribution in [0.4, 0.5) is 0 Å². The van der Waals surface area contributed by atoms with Crippen LogP contribution < -0.4 is 5.73 Å². The van der Waals surface area contributed by atoms with E-state index in [0.29, 0.717) is 15.6 Å². The van der Waals surface area contributed by atoms with Crippen LogP contribution in [0.25, 0.3) is 0 Å². The Kier molecular flexibility index (Phi) is 2.89. The molecular formula is C11H11Cl2NO. The number of primary amides is 1. The Morgan fingerprint density at radius 2 is 1.93 bits per heavy atom. The minimum atomic E-state index is -0.486. The van der Waals surface area contributed by atoms with E-state index in [1.807, 2.05) is 6.07 Å². The minimum Gasteiger partial charge on any atom is -0.366 e. The third-order valence-corrected chi connectivity index (χ3v) is 3.58. The van der Waals surface area contributed by atoms with Crippen molar-refractivity contribution in [2.75, 3.05) is 0 Å². The van der Waals surface area contributed by atoms with E-state index < -0.39 is 5.91 Å². The van der Waals surface area contributed by atoms with Gasteiger partial charge in [-0.05, 0) is 42.9 Å². The molecule has 2 rings (SSSR count). The molecule has 0 saturated heterocycles. The maximum atomic E-state index is 11.3. The van der Waals surface area contributed by atoms with E-state index in [0.717, 1.165) is 36.8 Å². The monoisotopic (exact) mass is 243 g/mol. The Morgan fingerprint density at radius 1 is 1.27 bits per heavy atom. The molecule has 1 amide bonds. The average Bonchev–Trinajstić information content (AvgIpc) is 2.19. The lowest BCUT2D eigenvalue weighted by Gasteiger charge is -2.19. The number of amides is 1. The number of nitrogens with two attached hydrogens (primary N) is 1. The van der Waals surface area contributed by atoms with Gasteiger partial charge in [0, 0.05) is 0 Å². The van der Waals surface area contributed by atoms with Crippen molar-refractivity contribution in [1.29, 1.82) is 0 Å². The van der Waals surface area contributed by atoms with Crippen LogP contribution in [0.3, 0.4) is 0 Å². The fraction of sp³-hybridized carbons (Fsp3) is 0.364. The van der Waals surface area contributed by atoms with Crippen LogP contribution in [0, 0.1) is 0 Å². The number of hydrogen-bond donors (Lipinski definition) is 1. The van der Waals surface area contributed by atoms with Crippen LogP contribution in [0.15, 0.2) is 6.07 Å². The molecule has 80 valence electrons. The summed E-state index contributed by atoms with van der Waals surface area (Å²) in [6, 6.07) is 1.85. The zero-order valence-corrected chi connectivity index (χ0v) is 9.66. The largest absolute Gasteiger partial charge is 0.366 e. The first-order valence-corrected chi connectivity index (χ1v) is 5.66. The second kappa shape index (κ2) is 4.03. The number of carbonyl (C=O) groups is 1. The fourth-order valence-corrected chi connectivity index (χ4v) is 2.59. The van der Waals surface area contributed by atoms with Crippen LogP contribution >= 0.6 is 23.2 Å². The molecule has 0 radical (unpaired) electrons. The van der Waals surface area contributed by atoms with Crippen molar-refractivity contribution >= 4 is 29.1 Å². The zero-order valence-electron chi connectivity index (χ0n) is 8.15. The van der Waals surface area contributed by atoms with E-state index in [4.69, 9.17) is 28.9 Å². The molecule has 1 aromatic carbocycles. The SMILES string of the molecule is NC(=O)c1c(Cl)c(Cl)cc2c1CCCC2. The number of halogens is 2. The number of benzene rings is 1. The van der Waals surface area contributed by atoms with Crippen LogP contribution in [0.1, 0.15) is 34.3 Å². The van der Waals surface area contributed by atoms with Crippen molar-refractivity contribution in [3.05, 3.63) is 32.8 Å². The Bertz CT molecular complexity index is 429. The van der Waals surface area contributed by atoms with Crippen molar-refractivity contribution in [3.8, 4) is 0 Å². The normalized spacial score (nSPS) is 14.8. The highest BCUT2D eigenvalue weighted by molar-refractivity contribution is 6.44. The van der Waals surface area contributed by atoms with Gasteiger partial charge in [-0.3, -0.25) is 4.79 Å². The predicted molar refractivity (Wildman–Crippen MR) is 61.6 cm³/mol. The second-order valence-electron chi connectivity index (χ2n) is 3.76. The molecule has 2 N–H and O–H groups in total. The van der Waals surface area contributed by atoms with Crippen molar-refractivity contribution in [1.82, 2.24) is 0 Å². The highest BCUT2D eigenvalue weighted by atomic mass is 35.5. The van der Waals surface area contributed by atoms with Gasteiger partial charge in [0.25, 0.3) is 5.91 Å². The van der Waals surface area contributed by atoms with Crippen LogP contribution in [0.5, 0.6) is 0 Å². The van der Waals surface area contributed by atoms with Gasteiger partial charge in [-0.25, -0.2) is 0 Å². The van der Waals surface area contributed by atoms with Crippen LogP contribution in [0.2, 0.25) is 10.0 Å². The maximum absolute atomic E-state index is 11.3. The molecule has 0 spiro atoms. The third-order valence-electron chi connectivity index (χ3n) is 2.79. The van der Waals surface area contributed by atoms with Crippen molar-refractivity contribution in [2.45, 2.75) is 25.7 Å². The quantitative estimate of drug-likeness (QED) is 0.810. The summed E-state index contributed by atoms with van der Waals surface area (Å²) in [6.45, 7) is 0. The van der Waals surface area contributed by atoms with Gasteiger partial charge in [-0.15, -0.1) is 0 Å². The van der Waals surface area contributed by atoms with E-state index in [1.54, 1.807) is 0 Å². The highest BCUT2D eigenvalue weighted by Crippen LogP contribution is 2.34. The van der Waals surface area contributed by atoms with Crippen molar-refractivity contribution in [2.24, 2.45) is 5.73 Å². The smallest absolute Gasteiger partial charge is 0.250 e. The van der Waals surface area contributed by atoms with Gasteiger partial charge in [0.2, 0.25) is 0 Å². The summed E-state index contributed by atoms with van der Waals surface area (Å²) in [6.07, 6.45) is 4.02.